The second-order valence-corrected chi connectivity index (χ2v) is 8.66. The average molecular weight is 531 g/mol. The highest BCUT2D eigenvalue weighted by atomic mass is 35.5. The van der Waals surface area contributed by atoms with Crippen LogP contribution in [0.15, 0.2) is 72.8 Å². The van der Waals surface area contributed by atoms with Crippen LogP contribution >= 0.6 is 35.6 Å². The fraction of sp³-hybridized carbons (Fsp3) is 0.0800. The van der Waals surface area contributed by atoms with Gasteiger partial charge in [0.1, 0.15) is 11.9 Å². The van der Waals surface area contributed by atoms with Crippen LogP contribution in [-0.2, 0) is 0 Å². The van der Waals surface area contributed by atoms with E-state index in [1.165, 1.54) is 10.7 Å². The summed E-state index contributed by atoms with van der Waals surface area (Å²) < 4.78 is 16.4. The molecule has 2 heterocycles. The van der Waals surface area contributed by atoms with Crippen molar-refractivity contribution in [2.75, 3.05) is 10.6 Å². The van der Waals surface area contributed by atoms with Crippen molar-refractivity contribution in [2.45, 2.75) is 13.0 Å². The number of nitrogens with one attached hydrogen (secondary N) is 2. The molecule has 6 nitrogen and oxygen atoms in total. The summed E-state index contributed by atoms with van der Waals surface area (Å²) in [7, 11) is 0. The molecule has 35 heavy (non-hydrogen) atoms. The van der Waals surface area contributed by atoms with E-state index in [1.54, 1.807) is 36.4 Å². The normalized spacial score (nSPS) is 14.3. The highest BCUT2D eigenvalue weighted by Crippen LogP contribution is 2.37. The molecule has 1 aliphatic rings. The molecule has 0 spiro atoms. The van der Waals surface area contributed by atoms with E-state index in [2.05, 4.69) is 20.7 Å². The number of hydrogen-bond donors (Lipinski definition) is 2. The van der Waals surface area contributed by atoms with Gasteiger partial charge in [-0.1, -0.05) is 65.2 Å². The minimum absolute atomic E-state index is 0. The number of carbonyl (C=O) groups is 1. The zero-order chi connectivity index (χ0) is 23.8. The monoisotopic (exact) mass is 529 g/mol. The maximum atomic E-state index is 14.9. The van der Waals surface area contributed by atoms with Gasteiger partial charge < -0.3 is 5.32 Å². The van der Waals surface area contributed by atoms with E-state index in [4.69, 9.17) is 23.2 Å². The molecule has 1 unspecified atom stereocenters. The summed E-state index contributed by atoms with van der Waals surface area (Å²) in [4.78, 5) is 17.1. The molecule has 178 valence electrons. The van der Waals surface area contributed by atoms with Gasteiger partial charge in [0.15, 0.2) is 0 Å². The van der Waals surface area contributed by atoms with E-state index < -0.39 is 17.8 Å². The van der Waals surface area contributed by atoms with E-state index in [9.17, 15) is 9.18 Å². The minimum Gasteiger partial charge on any atom is -0.324 e. The lowest BCUT2D eigenvalue weighted by Gasteiger charge is -2.25. The Morgan fingerprint density at radius 3 is 2.54 bits per heavy atom. The summed E-state index contributed by atoms with van der Waals surface area (Å²) in [6.45, 7) is 2.00. The fourth-order valence-corrected chi connectivity index (χ4v) is 4.21. The van der Waals surface area contributed by atoms with Crippen molar-refractivity contribution in [3.63, 3.8) is 0 Å². The lowest BCUT2D eigenvalue weighted by atomic mass is 10.0. The first-order valence-corrected chi connectivity index (χ1v) is 11.2. The molecule has 0 fully saturated rings. The van der Waals surface area contributed by atoms with Crippen LogP contribution in [0.2, 0.25) is 10.0 Å². The average Bonchev–Trinajstić information content (AvgIpc) is 3.22. The third-order valence-corrected chi connectivity index (χ3v) is 6.00. The number of nitrogens with zero attached hydrogens (tertiary/aromatic N) is 3. The molecule has 0 bridgehead atoms. The lowest BCUT2D eigenvalue weighted by Crippen LogP contribution is -2.21. The van der Waals surface area contributed by atoms with Crippen molar-refractivity contribution < 1.29 is 9.18 Å². The first-order chi connectivity index (χ1) is 16.4. The molecular weight excluding hydrogens is 512 g/mol. The van der Waals surface area contributed by atoms with Gasteiger partial charge in [-0.3, -0.25) is 10.1 Å². The summed E-state index contributed by atoms with van der Waals surface area (Å²) in [5.41, 5.74) is 3.34. The highest BCUT2D eigenvalue weighted by molar-refractivity contribution is 6.31. The number of carbonyl (C=O) groups excluding carboxylic acids is 1. The molecule has 2 N–H and O–H groups in total. The number of fused-ring (bicyclic) bond motifs is 1. The van der Waals surface area contributed by atoms with Gasteiger partial charge in [-0.2, -0.15) is 4.98 Å². The van der Waals surface area contributed by atoms with Gasteiger partial charge in [0, 0.05) is 26.9 Å². The second-order valence-electron chi connectivity index (χ2n) is 7.82. The summed E-state index contributed by atoms with van der Waals surface area (Å²) in [5, 5.41) is 11.0. The summed E-state index contributed by atoms with van der Waals surface area (Å²) in [6.07, 6.45) is 1.83. The summed E-state index contributed by atoms with van der Waals surface area (Å²) >= 11 is 12.4. The van der Waals surface area contributed by atoms with Gasteiger partial charge in [0.25, 0.3) is 11.9 Å². The van der Waals surface area contributed by atoms with Gasteiger partial charge in [0.05, 0.1) is 0 Å². The maximum Gasteiger partial charge on any atom is 0.258 e. The molecule has 10 heteroatoms. The number of anilines is 2. The molecule has 1 aromatic heterocycles. The first kappa shape index (κ1) is 24.7. The van der Waals surface area contributed by atoms with E-state index in [0.717, 1.165) is 16.8 Å². The third kappa shape index (κ3) is 5.03. The van der Waals surface area contributed by atoms with Crippen LogP contribution in [-0.4, -0.2) is 20.7 Å². The standard InChI is InChI=1S/C25H18Cl2FN5O.ClH/c1-14-8-10-15(11-9-14)20-13-21(22-18(27)6-3-7-19(22)28)33-25(29-20)31-24(32-33)30-23(34)16-4-2-5-17(26)12-16;/h2-13,21H,1H3,(H2,29,30,31,32,34);1H. The quantitative estimate of drug-likeness (QED) is 0.306. The fourth-order valence-electron chi connectivity index (χ4n) is 3.75. The largest absolute Gasteiger partial charge is 0.324 e. The Hall–Kier alpha value is -3.39. The van der Waals surface area contributed by atoms with E-state index in [0.29, 0.717) is 16.5 Å². The minimum atomic E-state index is -0.689. The summed E-state index contributed by atoms with van der Waals surface area (Å²) in [6, 6.07) is 18.3. The van der Waals surface area contributed by atoms with Crippen LogP contribution in [0, 0.1) is 12.7 Å². The van der Waals surface area contributed by atoms with E-state index >= 15 is 0 Å². The Balaban J connectivity index is 0.00000289. The number of amides is 1. The first-order valence-electron chi connectivity index (χ1n) is 10.4. The van der Waals surface area contributed by atoms with Crippen LogP contribution in [0.3, 0.4) is 0 Å². The smallest absolute Gasteiger partial charge is 0.258 e. The number of allylic oxidation sites excluding steroid dienone is 1. The second kappa shape index (κ2) is 10.1. The van der Waals surface area contributed by atoms with Crippen molar-refractivity contribution in [1.29, 1.82) is 0 Å². The highest BCUT2D eigenvalue weighted by Gasteiger charge is 2.29. The van der Waals surface area contributed by atoms with Crippen LogP contribution in [0.25, 0.3) is 5.70 Å². The maximum absolute atomic E-state index is 14.9. The Morgan fingerprint density at radius 1 is 1.09 bits per heavy atom. The lowest BCUT2D eigenvalue weighted by molar-refractivity contribution is 0.102. The van der Waals surface area contributed by atoms with Gasteiger partial charge >= 0.3 is 0 Å². The molecule has 3 aromatic carbocycles. The molecule has 0 saturated heterocycles. The number of halogens is 4. The molecular formula is C25H19Cl3FN5O. The Bertz CT molecular complexity index is 1420. The SMILES string of the molecule is Cc1ccc(C2=CC(c3c(F)cccc3Cl)n3nc(NC(=O)c4cccc(Cl)c4)nc3N2)cc1.Cl. The topological polar surface area (TPSA) is 71.8 Å². The van der Waals surface area contributed by atoms with Crippen molar-refractivity contribution in [2.24, 2.45) is 0 Å². The van der Waals surface area contributed by atoms with Gasteiger partial charge in [-0.15, -0.1) is 17.5 Å². The summed E-state index contributed by atoms with van der Waals surface area (Å²) in [5.74, 6) is -0.491. The van der Waals surface area contributed by atoms with Crippen LogP contribution in [0.1, 0.15) is 33.1 Å². The molecule has 0 radical (unpaired) electrons. The van der Waals surface area contributed by atoms with Crippen molar-refractivity contribution in [3.05, 3.63) is 111 Å². The Labute approximate surface area is 217 Å². The van der Waals surface area contributed by atoms with Crippen LogP contribution in [0.5, 0.6) is 0 Å². The van der Waals surface area contributed by atoms with Crippen molar-refractivity contribution >= 4 is 59.1 Å². The van der Waals surface area contributed by atoms with Crippen molar-refractivity contribution in [3.8, 4) is 0 Å². The molecule has 0 saturated carbocycles. The van der Waals surface area contributed by atoms with Crippen LogP contribution < -0.4 is 10.6 Å². The Kier molecular flexibility index (Phi) is 7.12. The Morgan fingerprint density at radius 2 is 1.83 bits per heavy atom. The molecule has 4 aromatic rings. The molecule has 0 aliphatic carbocycles. The van der Waals surface area contributed by atoms with E-state index in [1.807, 2.05) is 37.3 Å². The van der Waals surface area contributed by atoms with Crippen molar-refractivity contribution in [1.82, 2.24) is 14.8 Å². The molecule has 1 amide bonds. The van der Waals surface area contributed by atoms with E-state index in [-0.39, 0.29) is 28.9 Å². The van der Waals surface area contributed by atoms with Gasteiger partial charge in [-0.25, -0.2) is 9.07 Å². The van der Waals surface area contributed by atoms with Gasteiger partial charge in [0.2, 0.25) is 5.95 Å². The number of aryl methyl sites for hydroxylation is 1. The number of hydrogen-bond acceptors (Lipinski definition) is 4. The molecule has 1 atom stereocenters. The zero-order valence-corrected chi connectivity index (χ0v) is 20.6. The van der Waals surface area contributed by atoms with Crippen LogP contribution in [0.4, 0.5) is 16.3 Å². The molecule has 1 aliphatic heterocycles. The number of rotatable bonds is 4. The van der Waals surface area contributed by atoms with Gasteiger partial charge in [-0.05, 0) is 48.9 Å². The zero-order valence-electron chi connectivity index (χ0n) is 18.3. The molecule has 5 rings (SSSR count). The predicted molar refractivity (Wildman–Crippen MR) is 139 cm³/mol. The number of benzene rings is 3. The predicted octanol–water partition coefficient (Wildman–Crippen LogP) is 6.76. The number of aromatic nitrogens is 3. The third-order valence-electron chi connectivity index (χ3n) is 5.44.